The molecule has 24 heavy (non-hydrogen) atoms. The van der Waals surface area contributed by atoms with Crippen molar-refractivity contribution in [1.29, 1.82) is 0 Å². The number of rotatable bonds is 7. The van der Waals surface area contributed by atoms with Crippen LogP contribution in [0.2, 0.25) is 0 Å². The molecule has 0 aliphatic carbocycles. The largest absolute Gasteiger partial charge is 0.458 e. The van der Waals surface area contributed by atoms with Crippen molar-refractivity contribution in [2.24, 2.45) is 0 Å². The van der Waals surface area contributed by atoms with E-state index in [9.17, 15) is 0 Å². The summed E-state index contributed by atoms with van der Waals surface area (Å²) in [6, 6.07) is 8.15. The molecule has 0 amide bonds. The van der Waals surface area contributed by atoms with Crippen LogP contribution in [0.1, 0.15) is 24.2 Å². The van der Waals surface area contributed by atoms with Gasteiger partial charge in [0.2, 0.25) is 0 Å². The Morgan fingerprint density at radius 2 is 2.25 bits per heavy atom. The Balaban J connectivity index is 1.46. The average Bonchev–Trinajstić information content (AvgIpc) is 3.37. The van der Waals surface area contributed by atoms with Gasteiger partial charge in [-0.2, -0.15) is 16.4 Å². The monoisotopic (exact) mass is 343 g/mol. The van der Waals surface area contributed by atoms with E-state index in [0.717, 1.165) is 49.9 Å². The molecule has 3 aromatic rings. The summed E-state index contributed by atoms with van der Waals surface area (Å²) in [6.45, 7) is 3.53. The van der Waals surface area contributed by atoms with Crippen molar-refractivity contribution in [1.82, 2.24) is 15.1 Å². The van der Waals surface area contributed by atoms with Crippen molar-refractivity contribution < 1.29 is 9.15 Å². The number of hydrogen-bond donors (Lipinski definition) is 1. The van der Waals surface area contributed by atoms with E-state index in [1.807, 2.05) is 18.2 Å². The molecule has 5 nitrogen and oxygen atoms in total. The van der Waals surface area contributed by atoms with Crippen LogP contribution in [0.25, 0.3) is 11.5 Å². The maximum absolute atomic E-state index is 5.99. The van der Waals surface area contributed by atoms with Gasteiger partial charge >= 0.3 is 0 Å². The van der Waals surface area contributed by atoms with Crippen LogP contribution in [0.5, 0.6) is 0 Å². The van der Waals surface area contributed by atoms with Crippen molar-refractivity contribution in [2.45, 2.75) is 32.0 Å². The molecular weight excluding hydrogens is 322 g/mol. The quantitative estimate of drug-likeness (QED) is 0.706. The number of hydrogen-bond acceptors (Lipinski definition) is 5. The predicted molar refractivity (Wildman–Crippen MR) is 93.7 cm³/mol. The number of thiophene rings is 1. The van der Waals surface area contributed by atoms with Gasteiger partial charge in [-0.15, -0.1) is 0 Å². The second-order valence-electron chi connectivity index (χ2n) is 6.17. The zero-order chi connectivity index (χ0) is 16.2. The van der Waals surface area contributed by atoms with Crippen molar-refractivity contribution in [3.8, 4) is 11.5 Å². The molecule has 126 valence electrons. The standard InChI is InChI=1S/C18H21N3O2S/c1-2-15(22-8-1)11-21(10-14-6-9-24-13-14)12-16-3-4-18(23-16)17-5-7-19-20-17/h3-7,9,13,15H,1-2,8,10-12H2,(H,19,20). The first kappa shape index (κ1) is 15.6. The topological polar surface area (TPSA) is 54.3 Å². The van der Waals surface area contributed by atoms with E-state index < -0.39 is 0 Å². The number of ether oxygens (including phenoxy) is 1. The minimum atomic E-state index is 0.339. The molecule has 0 saturated carbocycles. The van der Waals surface area contributed by atoms with Gasteiger partial charge in [0, 0.05) is 25.9 Å². The third-order valence-corrected chi connectivity index (χ3v) is 5.01. The maximum Gasteiger partial charge on any atom is 0.152 e. The third-order valence-electron chi connectivity index (χ3n) is 4.28. The molecule has 1 fully saturated rings. The molecule has 4 heterocycles. The first-order chi connectivity index (χ1) is 11.9. The van der Waals surface area contributed by atoms with Crippen molar-refractivity contribution in [2.75, 3.05) is 13.2 Å². The lowest BCUT2D eigenvalue weighted by Crippen LogP contribution is -2.31. The van der Waals surface area contributed by atoms with E-state index in [0.29, 0.717) is 6.10 Å². The van der Waals surface area contributed by atoms with Crippen LogP contribution in [-0.2, 0) is 17.8 Å². The lowest BCUT2D eigenvalue weighted by atomic mass is 10.2. The highest BCUT2D eigenvalue weighted by atomic mass is 32.1. The number of aromatic amines is 1. The normalized spacial score (nSPS) is 17.8. The summed E-state index contributed by atoms with van der Waals surface area (Å²) in [5.41, 5.74) is 2.25. The second-order valence-corrected chi connectivity index (χ2v) is 6.95. The molecule has 0 spiro atoms. The fourth-order valence-electron chi connectivity index (χ4n) is 3.12. The lowest BCUT2D eigenvalue weighted by molar-refractivity contribution is 0.0656. The average molecular weight is 343 g/mol. The smallest absolute Gasteiger partial charge is 0.152 e. The molecule has 0 aromatic carbocycles. The molecular formula is C18H21N3O2S. The van der Waals surface area contributed by atoms with Crippen LogP contribution in [0.3, 0.4) is 0 Å². The zero-order valence-corrected chi connectivity index (χ0v) is 14.3. The Labute approximate surface area is 145 Å². The molecule has 1 aliphatic heterocycles. The Bertz CT molecular complexity index is 730. The van der Waals surface area contributed by atoms with E-state index in [4.69, 9.17) is 9.15 Å². The van der Waals surface area contributed by atoms with Gasteiger partial charge in [0.05, 0.1) is 12.6 Å². The summed E-state index contributed by atoms with van der Waals surface area (Å²) >= 11 is 1.74. The van der Waals surface area contributed by atoms with Crippen molar-refractivity contribution in [3.63, 3.8) is 0 Å². The lowest BCUT2D eigenvalue weighted by Gasteiger charge is -2.24. The number of furan rings is 1. The van der Waals surface area contributed by atoms with Gasteiger partial charge in [0.25, 0.3) is 0 Å². The molecule has 1 saturated heterocycles. The summed E-state index contributed by atoms with van der Waals surface area (Å²) in [7, 11) is 0. The number of nitrogens with zero attached hydrogens (tertiary/aromatic N) is 2. The maximum atomic E-state index is 5.99. The SMILES string of the molecule is c1cc(-c2ccc(CN(Cc3ccsc3)CC3CCCO3)o2)[nH]n1. The van der Waals surface area contributed by atoms with E-state index in [2.05, 4.69) is 31.9 Å². The minimum Gasteiger partial charge on any atom is -0.458 e. The fourth-order valence-corrected chi connectivity index (χ4v) is 3.78. The van der Waals surface area contributed by atoms with Crippen LogP contribution in [0.15, 0.2) is 45.6 Å². The molecule has 0 bridgehead atoms. The molecule has 3 aromatic heterocycles. The van der Waals surface area contributed by atoms with Crippen LogP contribution >= 0.6 is 11.3 Å². The first-order valence-corrected chi connectivity index (χ1v) is 9.24. The highest BCUT2D eigenvalue weighted by Crippen LogP contribution is 2.22. The highest BCUT2D eigenvalue weighted by molar-refractivity contribution is 7.07. The van der Waals surface area contributed by atoms with Crippen LogP contribution in [0.4, 0.5) is 0 Å². The van der Waals surface area contributed by atoms with Crippen molar-refractivity contribution >= 4 is 11.3 Å². The summed E-state index contributed by atoms with van der Waals surface area (Å²) < 4.78 is 11.8. The van der Waals surface area contributed by atoms with Crippen LogP contribution in [-0.4, -0.2) is 34.4 Å². The van der Waals surface area contributed by atoms with Gasteiger partial charge in [-0.05, 0) is 53.4 Å². The second kappa shape index (κ2) is 7.34. The Kier molecular flexibility index (Phi) is 4.78. The van der Waals surface area contributed by atoms with Gasteiger partial charge in [-0.25, -0.2) is 0 Å². The van der Waals surface area contributed by atoms with Gasteiger partial charge in [-0.1, -0.05) is 0 Å². The molecule has 1 N–H and O–H groups in total. The Hall–Kier alpha value is -1.89. The Morgan fingerprint density at radius 1 is 1.25 bits per heavy atom. The Morgan fingerprint density at radius 3 is 3.00 bits per heavy atom. The first-order valence-electron chi connectivity index (χ1n) is 8.30. The van der Waals surface area contributed by atoms with Gasteiger partial charge in [-0.3, -0.25) is 10.00 Å². The summed E-state index contributed by atoms with van der Waals surface area (Å²) in [4.78, 5) is 2.41. The van der Waals surface area contributed by atoms with E-state index in [1.54, 1.807) is 17.5 Å². The van der Waals surface area contributed by atoms with Crippen LogP contribution < -0.4 is 0 Å². The zero-order valence-electron chi connectivity index (χ0n) is 13.5. The van der Waals surface area contributed by atoms with E-state index in [1.165, 1.54) is 12.0 Å². The van der Waals surface area contributed by atoms with Gasteiger partial charge in [0.15, 0.2) is 5.76 Å². The number of nitrogens with one attached hydrogen (secondary N) is 1. The fraction of sp³-hybridized carbons (Fsp3) is 0.389. The number of H-pyrrole nitrogens is 1. The van der Waals surface area contributed by atoms with Gasteiger partial charge in [0.1, 0.15) is 11.5 Å². The molecule has 6 heteroatoms. The minimum absolute atomic E-state index is 0.339. The predicted octanol–water partition coefficient (Wildman–Crippen LogP) is 3.91. The molecule has 1 unspecified atom stereocenters. The summed E-state index contributed by atoms with van der Waals surface area (Å²) in [6.07, 6.45) is 4.39. The molecule has 1 aliphatic rings. The van der Waals surface area contributed by atoms with E-state index in [-0.39, 0.29) is 0 Å². The summed E-state index contributed by atoms with van der Waals surface area (Å²) in [5, 5.41) is 11.3. The van der Waals surface area contributed by atoms with Crippen molar-refractivity contribution in [3.05, 3.63) is 52.5 Å². The molecule has 4 rings (SSSR count). The highest BCUT2D eigenvalue weighted by Gasteiger charge is 2.20. The van der Waals surface area contributed by atoms with E-state index >= 15 is 0 Å². The number of aromatic nitrogens is 2. The molecule has 0 radical (unpaired) electrons. The van der Waals surface area contributed by atoms with Gasteiger partial charge < -0.3 is 9.15 Å². The van der Waals surface area contributed by atoms with Crippen LogP contribution in [0, 0.1) is 0 Å². The molecule has 1 atom stereocenters. The third kappa shape index (κ3) is 3.77. The summed E-state index contributed by atoms with van der Waals surface area (Å²) in [5.74, 6) is 1.79.